The molecule has 0 radical (unpaired) electrons. The van der Waals surface area contributed by atoms with Gasteiger partial charge in [0, 0.05) is 0 Å². The number of halogens is 1. The average molecular weight is 315 g/mol. The van der Waals surface area contributed by atoms with Crippen LogP contribution in [0.1, 0.15) is 48.4 Å². The van der Waals surface area contributed by atoms with Crippen molar-refractivity contribution >= 4 is 23.5 Å². The molecule has 0 aliphatic heterocycles. The first-order chi connectivity index (χ1) is 9.71. The van der Waals surface area contributed by atoms with Gasteiger partial charge in [0.25, 0.3) is 0 Å². The number of hydrogen-bond acceptors (Lipinski definition) is 5. The fourth-order valence-corrected chi connectivity index (χ4v) is 1.94. The van der Waals surface area contributed by atoms with E-state index >= 15 is 0 Å². The molecule has 0 N–H and O–H groups in total. The highest BCUT2D eigenvalue weighted by Crippen LogP contribution is 2.33. The Morgan fingerprint density at radius 3 is 2.19 bits per heavy atom. The molecule has 0 unspecified atom stereocenters. The molecule has 0 amide bonds. The van der Waals surface area contributed by atoms with Crippen LogP contribution in [0.2, 0.25) is 5.02 Å². The van der Waals surface area contributed by atoms with Crippen molar-refractivity contribution in [2.75, 3.05) is 13.7 Å². The van der Waals surface area contributed by atoms with Crippen molar-refractivity contribution in [2.45, 2.75) is 33.3 Å². The molecule has 0 spiro atoms. The number of hydrogen-bond donors (Lipinski definition) is 0. The number of methoxy groups -OCH3 is 1. The molecule has 1 rings (SSSR count). The first kappa shape index (κ1) is 17.3. The van der Waals surface area contributed by atoms with Crippen LogP contribution in [0.3, 0.4) is 0 Å². The van der Waals surface area contributed by atoms with Crippen molar-refractivity contribution in [3.8, 4) is 5.75 Å². The van der Waals surface area contributed by atoms with Gasteiger partial charge in [0.2, 0.25) is 0 Å². The Bertz CT molecular complexity index is 546. The van der Waals surface area contributed by atoms with E-state index in [1.165, 1.54) is 19.2 Å². The third-order valence-corrected chi connectivity index (χ3v) is 2.79. The first-order valence-electron chi connectivity index (χ1n) is 6.48. The summed E-state index contributed by atoms with van der Waals surface area (Å²) in [5.74, 6) is -1.05. The molecular weight excluding hydrogens is 296 g/mol. The third kappa shape index (κ3) is 4.36. The Balaban J connectivity index is 3.22. The van der Waals surface area contributed by atoms with Gasteiger partial charge in [-0.15, -0.1) is 0 Å². The van der Waals surface area contributed by atoms with E-state index in [1.807, 2.05) is 0 Å². The lowest BCUT2D eigenvalue weighted by Crippen LogP contribution is -2.24. The van der Waals surface area contributed by atoms with Gasteiger partial charge >= 0.3 is 11.9 Å². The average Bonchev–Trinajstić information content (AvgIpc) is 2.36. The van der Waals surface area contributed by atoms with Gasteiger partial charge in [-0.1, -0.05) is 11.6 Å². The van der Waals surface area contributed by atoms with E-state index in [1.54, 1.807) is 27.7 Å². The maximum atomic E-state index is 12.1. The van der Waals surface area contributed by atoms with Crippen LogP contribution in [0.5, 0.6) is 5.75 Å². The quantitative estimate of drug-likeness (QED) is 0.796. The summed E-state index contributed by atoms with van der Waals surface area (Å²) >= 11 is 6.15. The van der Waals surface area contributed by atoms with Gasteiger partial charge in [-0.2, -0.15) is 0 Å². The van der Waals surface area contributed by atoms with Crippen LogP contribution in [0.15, 0.2) is 12.1 Å². The smallest absolute Gasteiger partial charge is 0.341 e. The zero-order chi connectivity index (χ0) is 16.2. The molecule has 0 heterocycles. The van der Waals surface area contributed by atoms with Gasteiger partial charge < -0.3 is 14.2 Å². The van der Waals surface area contributed by atoms with E-state index in [4.69, 9.17) is 25.8 Å². The van der Waals surface area contributed by atoms with E-state index in [9.17, 15) is 9.59 Å². The lowest BCUT2D eigenvalue weighted by molar-refractivity contribution is 0.00688. The van der Waals surface area contributed by atoms with E-state index < -0.39 is 17.5 Å². The molecule has 0 aliphatic rings. The molecule has 0 saturated carbocycles. The summed E-state index contributed by atoms with van der Waals surface area (Å²) in [7, 11) is 1.36. The fourth-order valence-electron chi connectivity index (χ4n) is 1.62. The van der Waals surface area contributed by atoms with Crippen LogP contribution in [-0.4, -0.2) is 31.3 Å². The van der Waals surface area contributed by atoms with Crippen LogP contribution in [0.4, 0.5) is 0 Å². The molecule has 21 heavy (non-hydrogen) atoms. The number of esters is 2. The molecule has 116 valence electrons. The Morgan fingerprint density at radius 2 is 1.71 bits per heavy atom. The molecule has 5 nitrogen and oxygen atoms in total. The summed E-state index contributed by atoms with van der Waals surface area (Å²) in [6, 6.07) is 2.85. The number of carbonyl (C=O) groups excluding carboxylic acids is 2. The minimum Gasteiger partial charge on any atom is -0.494 e. The lowest BCUT2D eigenvalue weighted by Gasteiger charge is -2.20. The molecular formula is C15H19ClO5. The maximum absolute atomic E-state index is 12.1. The van der Waals surface area contributed by atoms with Crippen LogP contribution >= 0.6 is 11.6 Å². The van der Waals surface area contributed by atoms with Crippen LogP contribution in [0.25, 0.3) is 0 Å². The zero-order valence-electron chi connectivity index (χ0n) is 12.8. The minimum absolute atomic E-state index is 0.0253. The Kier molecular flexibility index (Phi) is 5.61. The molecule has 6 heteroatoms. The highest BCUT2D eigenvalue weighted by Gasteiger charge is 2.25. The molecule has 0 aliphatic carbocycles. The summed E-state index contributed by atoms with van der Waals surface area (Å²) in [6.07, 6.45) is 0. The second kappa shape index (κ2) is 6.80. The Labute approximate surface area is 129 Å². The van der Waals surface area contributed by atoms with Crippen molar-refractivity contribution < 1.29 is 23.8 Å². The van der Waals surface area contributed by atoms with E-state index in [2.05, 4.69) is 0 Å². The molecule has 1 aromatic rings. The van der Waals surface area contributed by atoms with E-state index in [0.717, 1.165) is 0 Å². The Hall–Kier alpha value is -1.75. The summed E-state index contributed by atoms with van der Waals surface area (Å²) < 4.78 is 15.3. The summed E-state index contributed by atoms with van der Waals surface area (Å²) in [5.41, 5.74) is -0.346. The predicted octanol–water partition coefficient (Wildman–Crippen LogP) is 3.48. The maximum Gasteiger partial charge on any atom is 0.341 e. The molecule has 0 aromatic heterocycles. The number of benzene rings is 1. The third-order valence-electron chi connectivity index (χ3n) is 2.42. The van der Waals surface area contributed by atoms with Gasteiger partial charge in [-0.25, -0.2) is 9.59 Å². The minimum atomic E-state index is -0.645. The van der Waals surface area contributed by atoms with Gasteiger partial charge in [0.15, 0.2) is 5.75 Å². The fraction of sp³-hybridized carbons (Fsp3) is 0.467. The van der Waals surface area contributed by atoms with Crippen molar-refractivity contribution in [1.29, 1.82) is 0 Å². The van der Waals surface area contributed by atoms with Crippen LogP contribution in [0, 0.1) is 0 Å². The van der Waals surface area contributed by atoms with Gasteiger partial charge in [0.05, 0.1) is 24.3 Å². The van der Waals surface area contributed by atoms with Crippen molar-refractivity contribution in [3.63, 3.8) is 0 Å². The second-order valence-electron chi connectivity index (χ2n) is 5.23. The SMILES string of the molecule is CCOC(=O)c1ccc(C(=O)OC(C)(C)C)c(Cl)c1OC. The molecule has 0 atom stereocenters. The summed E-state index contributed by atoms with van der Waals surface area (Å²) in [4.78, 5) is 23.9. The monoisotopic (exact) mass is 314 g/mol. The second-order valence-corrected chi connectivity index (χ2v) is 5.61. The van der Waals surface area contributed by atoms with Gasteiger partial charge in [-0.05, 0) is 39.8 Å². The molecule has 1 aromatic carbocycles. The van der Waals surface area contributed by atoms with Crippen LogP contribution < -0.4 is 4.74 Å². The van der Waals surface area contributed by atoms with Crippen molar-refractivity contribution in [3.05, 3.63) is 28.3 Å². The highest BCUT2D eigenvalue weighted by molar-refractivity contribution is 6.35. The van der Waals surface area contributed by atoms with Crippen molar-refractivity contribution in [2.24, 2.45) is 0 Å². The molecule has 0 fully saturated rings. The standard InChI is InChI=1S/C15H19ClO5/c1-6-20-13(17)10-8-7-9(11(16)12(10)19-5)14(18)21-15(2,3)4/h7-8H,6H2,1-5H3. The highest BCUT2D eigenvalue weighted by atomic mass is 35.5. The van der Waals surface area contributed by atoms with E-state index in [-0.39, 0.29) is 28.5 Å². The predicted molar refractivity (Wildman–Crippen MR) is 79.1 cm³/mol. The van der Waals surface area contributed by atoms with E-state index in [0.29, 0.717) is 0 Å². The van der Waals surface area contributed by atoms with Gasteiger partial charge in [0.1, 0.15) is 11.2 Å². The van der Waals surface area contributed by atoms with Gasteiger partial charge in [-0.3, -0.25) is 0 Å². The van der Waals surface area contributed by atoms with Crippen LogP contribution in [-0.2, 0) is 9.47 Å². The lowest BCUT2D eigenvalue weighted by atomic mass is 10.1. The molecule has 0 bridgehead atoms. The number of ether oxygens (including phenoxy) is 3. The van der Waals surface area contributed by atoms with Crippen molar-refractivity contribution in [1.82, 2.24) is 0 Å². The normalized spacial score (nSPS) is 11.0. The topological polar surface area (TPSA) is 61.8 Å². The zero-order valence-corrected chi connectivity index (χ0v) is 13.5. The summed E-state index contributed by atoms with van der Waals surface area (Å²) in [6.45, 7) is 7.18. The number of rotatable bonds is 4. The summed E-state index contributed by atoms with van der Waals surface area (Å²) in [5, 5.41) is 0.0253. The largest absolute Gasteiger partial charge is 0.494 e. The first-order valence-corrected chi connectivity index (χ1v) is 6.86. The molecule has 0 saturated heterocycles. The number of carbonyl (C=O) groups is 2. The Morgan fingerprint density at radius 1 is 1.14 bits per heavy atom.